The Balaban J connectivity index is 1.99. The summed E-state index contributed by atoms with van der Waals surface area (Å²) in [6.07, 6.45) is 0. The number of hydrogen-bond donors (Lipinski definition) is 2. The van der Waals surface area contributed by atoms with Crippen LogP contribution in [-0.2, 0) is 14.8 Å². The molecule has 0 bridgehead atoms. The quantitative estimate of drug-likeness (QED) is 0.575. The molecule has 8 heteroatoms. The standard InChI is InChI=1S/C21H22N2O5S/c1-13-9-11-16(12-10-13)22-17-7-5-6-8-18(17)23-29(25,26)20-15(3)28-14(2)19(20)21(24)27-4/h5-12,22-23H,1-4H3. The lowest BCUT2D eigenvalue weighted by atomic mass is 10.2. The number of rotatable bonds is 6. The number of methoxy groups -OCH3 is 1. The van der Waals surface area contributed by atoms with Crippen LogP contribution in [0.3, 0.4) is 0 Å². The smallest absolute Gasteiger partial charge is 0.342 e. The predicted molar refractivity (Wildman–Crippen MR) is 111 cm³/mol. The summed E-state index contributed by atoms with van der Waals surface area (Å²) in [6.45, 7) is 5.00. The normalized spacial score (nSPS) is 11.2. The molecule has 0 spiro atoms. The summed E-state index contributed by atoms with van der Waals surface area (Å²) in [4.78, 5) is 11.9. The molecule has 0 aliphatic rings. The lowest BCUT2D eigenvalue weighted by Crippen LogP contribution is -2.18. The molecule has 2 aromatic carbocycles. The summed E-state index contributed by atoms with van der Waals surface area (Å²) < 4.78 is 38.9. The van der Waals surface area contributed by atoms with Crippen molar-refractivity contribution in [3.63, 3.8) is 0 Å². The molecule has 0 saturated heterocycles. The van der Waals surface area contributed by atoms with Gasteiger partial charge in [-0.1, -0.05) is 29.8 Å². The van der Waals surface area contributed by atoms with Crippen LogP contribution in [0.15, 0.2) is 57.8 Å². The molecule has 3 aromatic rings. The summed E-state index contributed by atoms with van der Waals surface area (Å²) in [5, 5.41) is 3.20. The molecule has 152 valence electrons. The fourth-order valence-electron chi connectivity index (χ4n) is 2.99. The first-order valence-corrected chi connectivity index (χ1v) is 10.3. The molecule has 0 unspecified atom stereocenters. The molecule has 0 saturated carbocycles. The van der Waals surface area contributed by atoms with Crippen LogP contribution < -0.4 is 10.0 Å². The van der Waals surface area contributed by atoms with Gasteiger partial charge in [0.1, 0.15) is 22.0 Å². The minimum absolute atomic E-state index is 0.110. The van der Waals surface area contributed by atoms with E-state index >= 15 is 0 Å². The Bertz CT molecular complexity index is 1150. The molecule has 1 aromatic heterocycles. The maximum Gasteiger partial charge on any atom is 0.342 e. The van der Waals surface area contributed by atoms with E-state index in [1.54, 1.807) is 24.3 Å². The zero-order valence-corrected chi connectivity index (χ0v) is 17.4. The first kappa shape index (κ1) is 20.5. The molecule has 0 aliphatic heterocycles. The lowest BCUT2D eigenvalue weighted by Gasteiger charge is -2.14. The number of para-hydroxylation sites is 2. The van der Waals surface area contributed by atoms with E-state index in [9.17, 15) is 13.2 Å². The number of aryl methyl sites for hydroxylation is 3. The predicted octanol–water partition coefficient (Wildman–Crippen LogP) is 4.54. The molecular weight excluding hydrogens is 392 g/mol. The van der Waals surface area contributed by atoms with Crippen molar-refractivity contribution >= 4 is 33.1 Å². The van der Waals surface area contributed by atoms with Gasteiger partial charge in [0.25, 0.3) is 10.0 Å². The monoisotopic (exact) mass is 414 g/mol. The van der Waals surface area contributed by atoms with Crippen LogP contribution >= 0.6 is 0 Å². The van der Waals surface area contributed by atoms with Gasteiger partial charge in [-0.25, -0.2) is 13.2 Å². The summed E-state index contributed by atoms with van der Waals surface area (Å²) in [5.74, 6) is -0.481. The number of ether oxygens (including phenoxy) is 1. The molecule has 3 rings (SSSR count). The minimum atomic E-state index is -4.12. The lowest BCUT2D eigenvalue weighted by molar-refractivity contribution is 0.0595. The van der Waals surface area contributed by atoms with Gasteiger partial charge >= 0.3 is 5.97 Å². The number of furan rings is 1. The van der Waals surface area contributed by atoms with E-state index < -0.39 is 16.0 Å². The molecule has 7 nitrogen and oxygen atoms in total. The number of anilines is 3. The topological polar surface area (TPSA) is 97.6 Å². The third-order valence-electron chi connectivity index (χ3n) is 4.37. The Labute approximate surface area is 169 Å². The second kappa shape index (κ2) is 8.00. The second-order valence-electron chi connectivity index (χ2n) is 6.55. The van der Waals surface area contributed by atoms with Crippen LogP contribution in [0.25, 0.3) is 0 Å². The van der Waals surface area contributed by atoms with Crippen LogP contribution in [0.1, 0.15) is 27.4 Å². The van der Waals surface area contributed by atoms with Gasteiger partial charge < -0.3 is 14.5 Å². The zero-order valence-electron chi connectivity index (χ0n) is 16.6. The maximum absolute atomic E-state index is 13.1. The van der Waals surface area contributed by atoms with Gasteiger partial charge in [-0.15, -0.1) is 0 Å². The Kier molecular flexibility index (Phi) is 5.65. The largest absolute Gasteiger partial charge is 0.465 e. The first-order valence-electron chi connectivity index (χ1n) is 8.87. The van der Waals surface area contributed by atoms with Crippen molar-refractivity contribution in [2.45, 2.75) is 25.7 Å². The van der Waals surface area contributed by atoms with Crippen molar-refractivity contribution in [1.29, 1.82) is 0 Å². The average molecular weight is 414 g/mol. The highest BCUT2D eigenvalue weighted by atomic mass is 32.2. The maximum atomic E-state index is 13.1. The number of carbonyl (C=O) groups excluding carboxylic acids is 1. The Morgan fingerprint density at radius 3 is 2.17 bits per heavy atom. The fraction of sp³-hybridized carbons (Fsp3) is 0.190. The van der Waals surface area contributed by atoms with Crippen molar-refractivity contribution in [3.8, 4) is 0 Å². The van der Waals surface area contributed by atoms with Crippen LogP contribution in [0.2, 0.25) is 0 Å². The van der Waals surface area contributed by atoms with Crippen LogP contribution in [-0.4, -0.2) is 21.5 Å². The van der Waals surface area contributed by atoms with E-state index in [0.717, 1.165) is 11.3 Å². The van der Waals surface area contributed by atoms with Crippen LogP contribution in [0.5, 0.6) is 0 Å². The summed E-state index contributed by atoms with van der Waals surface area (Å²) >= 11 is 0. The Morgan fingerprint density at radius 1 is 0.931 bits per heavy atom. The van der Waals surface area contributed by atoms with E-state index in [1.165, 1.54) is 21.0 Å². The van der Waals surface area contributed by atoms with Gasteiger partial charge in [0.2, 0.25) is 0 Å². The molecule has 0 radical (unpaired) electrons. The van der Waals surface area contributed by atoms with Gasteiger partial charge in [0.15, 0.2) is 0 Å². The number of sulfonamides is 1. The average Bonchev–Trinajstić information content (AvgIpc) is 2.99. The van der Waals surface area contributed by atoms with Gasteiger partial charge in [0.05, 0.1) is 18.5 Å². The van der Waals surface area contributed by atoms with E-state index in [-0.39, 0.29) is 22.0 Å². The number of benzene rings is 2. The van der Waals surface area contributed by atoms with Gasteiger partial charge in [0, 0.05) is 5.69 Å². The zero-order chi connectivity index (χ0) is 21.2. The van der Waals surface area contributed by atoms with Crippen molar-refractivity contribution in [2.75, 3.05) is 17.1 Å². The Hall–Kier alpha value is -3.26. The van der Waals surface area contributed by atoms with Crippen molar-refractivity contribution in [1.82, 2.24) is 0 Å². The molecule has 0 amide bonds. The molecule has 1 heterocycles. The number of nitrogens with one attached hydrogen (secondary N) is 2. The Morgan fingerprint density at radius 2 is 1.55 bits per heavy atom. The van der Waals surface area contributed by atoms with Crippen LogP contribution in [0, 0.1) is 20.8 Å². The van der Waals surface area contributed by atoms with Crippen LogP contribution in [0.4, 0.5) is 17.1 Å². The molecule has 29 heavy (non-hydrogen) atoms. The minimum Gasteiger partial charge on any atom is -0.465 e. The third kappa shape index (κ3) is 4.27. The first-order chi connectivity index (χ1) is 13.7. The van der Waals surface area contributed by atoms with Crippen molar-refractivity contribution in [2.24, 2.45) is 0 Å². The number of hydrogen-bond acceptors (Lipinski definition) is 6. The van der Waals surface area contributed by atoms with E-state index in [2.05, 4.69) is 10.0 Å². The molecule has 0 aliphatic carbocycles. The summed E-state index contributed by atoms with van der Waals surface area (Å²) in [6, 6.07) is 14.6. The highest BCUT2D eigenvalue weighted by molar-refractivity contribution is 7.92. The third-order valence-corrected chi connectivity index (χ3v) is 5.88. The fourth-order valence-corrected chi connectivity index (χ4v) is 4.48. The summed E-state index contributed by atoms with van der Waals surface area (Å²) in [5.41, 5.74) is 2.72. The van der Waals surface area contributed by atoms with E-state index in [1.807, 2.05) is 31.2 Å². The molecular formula is C21H22N2O5S. The van der Waals surface area contributed by atoms with Crippen molar-refractivity contribution in [3.05, 3.63) is 71.2 Å². The van der Waals surface area contributed by atoms with Gasteiger partial charge in [-0.2, -0.15) is 0 Å². The molecule has 2 N–H and O–H groups in total. The number of esters is 1. The van der Waals surface area contributed by atoms with E-state index in [0.29, 0.717) is 11.4 Å². The van der Waals surface area contributed by atoms with Gasteiger partial charge in [-0.05, 0) is 45.0 Å². The highest BCUT2D eigenvalue weighted by Crippen LogP contribution is 2.32. The summed E-state index contributed by atoms with van der Waals surface area (Å²) in [7, 11) is -2.93. The van der Waals surface area contributed by atoms with E-state index in [4.69, 9.17) is 9.15 Å². The van der Waals surface area contributed by atoms with Crippen molar-refractivity contribution < 1.29 is 22.4 Å². The molecule has 0 atom stereocenters. The van der Waals surface area contributed by atoms with Gasteiger partial charge in [-0.3, -0.25) is 4.72 Å². The highest BCUT2D eigenvalue weighted by Gasteiger charge is 2.32. The SMILES string of the molecule is COC(=O)c1c(C)oc(C)c1S(=O)(=O)Nc1ccccc1Nc1ccc(C)cc1. The second-order valence-corrected chi connectivity index (χ2v) is 8.17. The molecule has 0 fully saturated rings. The number of carbonyl (C=O) groups is 1.